The second-order valence-electron chi connectivity index (χ2n) is 7.16. The Morgan fingerprint density at radius 3 is 2.60 bits per heavy atom. The van der Waals surface area contributed by atoms with Gasteiger partial charge in [0.1, 0.15) is 5.84 Å². The van der Waals surface area contributed by atoms with Crippen molar-refractivity contribution in [2.24, 2.45) is 16.5 Å². The zero-order chi connectivity index (χ0) is 21.8. The molecule has 0 bridgehead atoms. The first-order valence-electron chi connectivity index (χ1n) is 9.59. The van der Waals surface area contributed by atoms with Crippen molar-refractivity contribution in [3.05, 3.63) is 52.6 Å². The number of aliphatic imine (C=N–C) groups is 1. The molecule has 0 aromatic heterocycles. The first-order chi connectivity index (χ1) is 14.3. The number of anilines is 1. The van der Waals surface area contributed by atoms with Crippen LogP contribution in [0.3, 0.4) is 0 Å². The maximum atomic E-state index is 13.1. The molecule has 0 radical (unpaired) electrons. The Balaban J connectivity index is 2.04. The van der Waals surface area contributed by atoms with Gasteiger partial charge in [-0.3, -0.25) is 9.59 Å². The molecule has 0 aliphatic carbocycles. The van der Waals surface area contributed by atoms with E-state index in [-0.39, 0.29) is 18.9 Å². The first-order valence-corrected chi connectivity index (χ1v) is 9.97. The number of hydrogen-bond donors (Lipinski definition) is 3. The van der Waals surface area contributed by atoms with Crippen molar-refractivity contribution < 1.29 is 9.59 Å². The van der Waals surface area contributed by atoms with Crippen molar-refractivity contribution >= 4 is 46.7 Å². The Kier molecular flexibility index (Phi) is 6.42. The molecule has 2 amide bonds. The average Bonchev–Trinajstić information content (AvgIpc) is 2.84. The fourth-order valence-corrected chi connectivity index (χ4v) is 3.68. The van der Waals surface area contributed by atoms with Crippen LogP contribution in [0.1, 0.15) is 25.3 Å². The SMILES string of the molecule is CCCN(CC(N)=O)C(=O)C1=Cc2cc(-c3ccc(N)cc3Cl)ccc2N=C(N)C1. The van der Waals surface area contributed by atoms with Crippen LogP contribution in [0.25, 0.3) is 17.2 Å². The molecule has 7 nitrogen and oxygen atoms in total. The quantitative estimate of drug-likeness (QED) is 0.614. The van der Waals surface area contributed by atoms with Crippen LogP contribution in [0, 0.1) is 0 Å². The molecule has 2 aromatic carbocycles. The fourth-order valence-electron chi connectivity index (χ4n) is 3.38. The third-order valence-corrected chi connectivity index (χ3v) is 5.01. The van der Waals surface area contributed by atoms with Crippen LogP contribution in [0.4, 0.5) is 11.4 Å². The number of amides is 2. The molecule has 2 aromatic rings. The maximum Gasteiger partial charge on any atom is 0.250 e. The van der Waals surface area contributed by atoms with Gasteiger partial charge in [0.2, 0.25) is 5.91 Å². The number of nitrogens with two attached hydrogens (primary N) is 3. The second kappa shape index (κ2) is 9.00. The minimum absolute atomic E-state index is 0.144. The standard InChI is InChI=1S/C22H24ClN5O2/c1-2-7-28(12-21(26)29)22(30)15-9-14-8-13(3-6-19(14)27-20(25)10-15)17-5-4-16(24)11-18(17)23/h3-6,8-9,11H,2,7,10,12,24H2,1H3,(H2,25,27)(H2,26,29). The molecule has 0 atom stereocenters. The Labute approximate surface area is 180 Å². The molecular formula is C22H24ClN5O2. The highest BCUT2D eigenvalue weighted by atomic mass is 35.5. The summed E-state index contributed by atoms with van der Waals surface area (Å²) in [6.07, 6.45) is 2.65. The van der Waals surface area contributed by atoms with Gasteiger partial charge in [-0.1, -0.05) is 30.7 Å². The van der Waals surface area contributed by atoms with Crippen molar-refractivity contribution in [3.8, 4) is 11.1 Å². The molecule has 3 rings (SSSR count). The highest BCUT2D eigenvalue weighted by molar-refractivity contribution is 6.33. The Morgan fingerprint density at radius 2 is 1.93 bits per heavy atom. The predicted octanol–water partition coefficient (Wildman–Crippen LogP) is 3.09. The summed E-state index contributed by atoms with van der Waals surface area (Å²) in [5.41, 5.74) is 21.3. The number of fused-ring (bicyclic) bond motifs is 1. The molecule has 0 unspecified atom stereocenters. The molecule has 30 heavy (non-hydrogen) atoms. The topological polar surface area (TPSA) is 128 Å². The van der Waals surface area contributed by atoms with E-state index in [2.05, 4.69) is 4.99 Å². The number of amidine groups is 1. The zero-order valence-corrected chi connectivity index (χ0v) is 17.4. The van der Waals surface area contributed by atoms with E-state index < -0.39 is 5.91 Å². The molecular weight excluding hydrogens is 402 g/mol. The summed E-state index contributed by atoms with van der Waals surface area (Å²) < 4.78 is 0. The lowest BCUT2D eigenvalue weighted by Gasteiger charge is -2.21. The number of rotatable bonds is 6. The van der Waals surface area contributed by atoms with Crippen molar-refractivity contribution in [2.45, 2.75) is 19.8 Å². The van der Waals surface area contributed by atoms with Gasteiger partial charge >= 0.3 is 0 Å². The molecule has 0 fully saturated rings. The summed E-state index contributed by atoms with van der Waals surface area (Å²) in [6.45, 7) is 2.20. The smallest absolute Gasteiger partial charge is 0.250 e. The molecule has 6 N–H and O–H groups in total. The van der Waals surface area contributed by atoms with Crippen LogP contribution < -0.4 is 17.2 Å². The lowest BCUT2D eigenvalue weighted by Crippen LogP contribution is -2.40. The van der Waals surface area contributed by atoms with Gasteiger partial charge in [0.05, 0.1) is 17.3 Å². The van der Waals surface area contributed by atoms with Crippen LogP contribution >= 0.6 is 11.6 Å². The van der Waals surface area contributed by atoms with Gasteiger partial charge in [-0.2, -0.15) is 0 Å². The lowest BCUT2D eigenvalue weighted by molar-refractivity contribution is -0.132. The highest BCUT2D eigenvalue weighted by Crippen LogP contribution is 2.35. The number of benzene rings is 2. The number of primary amides is 1. The summed E-state index contributed by atoms with van der Waals surface area (Å²) in [7, 11) is 0. The van der Waals surface area contributed by atoms with Crippen LogP contribution in [0.5, 0.6) is 0 Å². The minimum atomic E-state index is -0.562. The second-order valence-corrected chi connectivity index (χ2v) is 7.56. The molecule has 0 saturated carbocycles. The summed E-state index contributed by atoms with van der Waals surface area (Å²) in [4.78, 5) is 30.4. The maximum absolute atomic E-state index is 13.1. The summed E-state index contributed by atoms with van der Waals surface area (Å²) >= 11 is 6.36. The van der Waals surface area contributed by atoms with Gasteiger partial charge < -0.3 is 22.1 Å². The number of halogens is 1. The van der Waals surface area contributed by atoms with E-state index in [9.17, 15) is 9.59 Å². The van der Waals surface area contributed by atoms with Crippen molar-refractivity contribution in [2.75, 3.05) is 18.8 Å². The molecule has 0 spiro atoms. The van der Waals surface area contributed by atoms with E-state index in [1.165, 1.54) is 4.90 Å². The van der Waals surface area contributed by atoms with Gasteiger partial charge in [0.15, 0.2) is 0 Å². The number of nitrogen functional groups attached to an aromatic ring is 1. The van der Waals surface area contributed by atoms with E-state index in [4.69, 9.17) is 28.8 Å². The monoisotopic (exact) mass is 425 g/mol. The lowest BCUT2D eigenvalue weighted by atomic mass is 9.99. The average molecular weight is 426 g/mol. The van der Waals surface area contributed by atoms with Crippen LogP contribution in [0.15, 0.2) is 47.0 Å². The molecule has 1 heterocycles. The third kappa shape index (κ3) is 4.80. The Morgan fingerprint density at radius 1 is 1.17 bits per heavy atom. The molecule has 0 saturated heterocycles. The van der Waals surface area contributed by atoms with Crippen LogP contribution in [0.2, 0.25) is 5.02 Å². The number of carbonyl (C=O) groups is 2. The largest absolute Gasteiger partial charge is 0.399 e. The van der Waals surface area contributed by atoms with Crippen molar-refractivity contribution in [1.29, 1.82) is 0 Å². The van der Waals surface area contributed by atoms with Gasteiger partial charge in [-0.25, -0.2) is 4.99 Å². The summed E-state index contributed by atoms with van der Waals surface area (Å²) in [5, 5.41) is 0.530. The summed E-state index contributed by atoms with van der Waals surface area (Å²) in [5.74, 6) is -0.520. The van der Waals surface area contributed by atoms with E-state index in [1.807, 2.05) is 31.2 Å². The number of carbonyl (C=O) groups excluding carboxylic acids is 2. The highest BCUT2D eigenvalue weighted by Gasteiger charge is 2.22. The number of hydrogen-bond acceptors (Lipinski definition) is 5. The van der Waals surface area contributed by atoms with E-state index in [0.29, 0.717) is 40.8 Å². The van der Waals surface area contributed by atoms with Gasteiger partial charge in [-0.05, 0) is 42.3 Å². The normalized spacial score (nSPS) is 13.0. The Hall–Kier alpha value is -3.32. The minimum Gasteiger partial charge on any atom is -0.399 e. The zero-order valence-electron chi connectivity index (χ0n) is 16.7. The van der Waals surface area contributed by atoms with Gasteiger partial charge in [-0.15, -0.1) is 0 Å². The predicted molar refractivity (Wildman–Crippen MR) is 121 cm³/mol. The molecule has 1 aliphatic rings. The molecule has 156 valence electrons. The van der Waals surface area contributed by atoms with E-state index in [0.717, 1.165) is 16.7 Å². The van der Waals surface area contributed by atoms with Crippen molar-refractivity contribution in [3.63, 3.8) is 0 Å². The van der Waals surface area contributed by atoms with Gasteiger partial charge in [0.25, 0.3) is 5.91 Å². The van der Waals surface area contributed by atoms with E-state index in [1.54, 1.807) is 18.2 Å². The van der Waals surface area contributed by atoms with Gasteiger partial charge in [0, 0.05) is 35.4 Å². The Bertz CT molecular complexity index is 1060. The summed E-state index contributed by atoms with van der Waals surface area (Å²) in [6, 6.07) is 10.9. The van der Waals surface area contributed by atoms with Crippen molar-refractivity contribution in [1.82, 2.24) is 4.90 Å². The first kappa shape index (κ1) is 21.4. The fraction of sp³-hybridized carbons (Fsp3) is 0.227. The van der Waals surface area contributed by atoms with Crippen LogP contribution in [-0.4, -0.2) is 35.6 Å². The van der Waals surface area contributed by atoms with Crippen LogP contribution in [-0.2, 0) is 9.59 Å². The molecule has 8 heteroatoms. The van der Waals surface area contributed by atoms with E-state index >= 15 is 0 Å². The third-order valence-electron chi connectivity index (χ3n) is 4.70. The molecule has 1 aliphatic heterocycles. The number of nitrogens with zero attached hydrogens (tertiary/aromatic N) is 2.